The Kier molecular flexibility index (Phi) is 4.89. The minimum Gasteiger partial charge on any atom is -0.496 e. The van der Waals surface area contributed by atoms with E-state index in [1.54, 1.807) is 7.11 Å². The van der Waals surface area contributed by atoms with Crippen LogP contribution < -0.4 is 4.74 Å². The maximum absolute atomic E-state index is 10.6. The molecule has 2 rings (SSSR count). The van der Waals surface area contributed by atoms with Crippen LogP contribution in [0.15, 0.2) is 39.3 Å². The number of hydrogen-bond acceptors (Lipinski definition) is 2. The van der Waals surface area contributed by atoms with Gasteiger partial charge in [0.1, 0.15) is 11.9 Å². The van der Waals surface area contributed by atoms with Gasteiger partial charge in [-0.15, -0.1) is 0 Å². The number of ether oxygens (including phenoxy) is 1. The molecule has 0 saturated carbocycles. The largest absolute Gasteiger partial charge is 0.496 e. The highest BCUT2D eigenvalue weighted by Crippen LogP contribution is 2.32. The lowest BCUT2D eigenvalue weighted by Gasteiger charge is -2.16. The van der Waals surface area contributed by atoms with Crippen LogP contribution >= 0.6 is 31.9 Å². The molecule has 2 nitrogen and oxygen atoms in total. The first-order valence-electron chi connectivity index (χ1n) is 6.21. The smallest absolute Gasteiger partial charge is 0.124 e. The zero-order valence-corrected chi connectivity index (χ0v) is 14.7. The summed E-state index contributed by atoms with van der Waals surface area (Å²) < 4.78 is 7.22. The van der Waals surface area contributed by atoms with Crippen LogP contribution in [-0.2, 0) is 0 Å². The van der Waals surface area contributed by atoms with E-state index < -0.39 is 6.10 Å². The van der Waals surface area contributed by atoms with Gasteiger partial charge in [-0.05, 0) is 66.4 Å². The second-order valence-corrected chi connectivity index (χ2v) is 6.62. The van der Waals surface area contributed by atoms with Gasteiger partial charge in [0.25, 0.3) is 0 Å². The third kappa shape index (κ3) is 3.25. The van der Waals surface area contributed by atoms with Crippen LogP contribution in [0.1, 0.15) is 28.4 Å². The van der Waals surface area contributed by atoms with Crippen LogP contribution in [0.4, 0.5) is 0 Å². The van der Waals surface area contributed by atoms with Crippen molar-refractivity contribution in [3.63, 3.8) is 0 Å². The predicted octanol–water partition coefficient (Wildman–Crippen LogP) is 4.92. The van der Waals surface area contributed by atoms with E-state index in [0.29, 0.717) is 0 Å². The number of methoxy groups -OCH3 is 1. The van der Waals surface area contributed by atoms with E-state index in [9.17, 15) is 5.11 Å². The van der Waals surface area contributed by atoms with E-state index in [1.807, 2.05) is 44.2 Å². The third-order valence-corrected chi connectivity index (χ3v) is 4.12. The van der Waals surface area contributed by atoms with Crippen molar-refractivity contribution in [2.45, 2.75) is 20.0 Å². The van der Waals surface area contributed by atoms with Gasteiger partial charge in [-0.3, -0.25) is 0 Å². The summed E-state index contributed by atoms with van der Waals surface area (Å²) in [5.41, 5.74) is 3.76. The van der Waals surface area contributed by atoms with Crippen molar-refractivity contribution < 1.29 is 9.84 Å². The Balaban J connectivity index is 2.45. The van der Waals surface area contributed by atoms with Crippen molar-refractivity contribution in [2.75, 3.05) is 7.11 Å². The SMILES string of the molecule is COc1c(C)cc(C(O)c2cc(Br)cc(Br)c2)cc1C. The van der Waals surface area contributed by atoms with Crippen molar-refractivity contribution in [1.82, 2.24) is 0 Å². The number of halogens is 2. The van der Waals surface area contributed by atoms with Gasteiger partial charge in [0.2, 0.25) is 0 Å². The summed E-state index contributed by atoms with van der Waals surface area (Å²) in [4.78, 5) is 0. The standard InChI is InChI=1S/C16H16Br2O2/c1-9-4-11(5-10(2)16(9)20-3)15(19)12-6-13(17)8-14(18)7-12/h4-8,15,19H,1-3H3. The summed E-state index contributed by atoms with van der Waals surface area (Å²) in [6.45, 7) is 3.97. The Bertz CT molecular complexity index is 595. The topological polar surface area (TPSA) is 29.5 Å². The highest BCUT2D eigenvalue weighted by molar-refractivity contribution is 9.11. The third-order valence-electron chi connectivity index (χ3n) is 3.20. The molecule has 4 heteroatoms. The van der Waals surface area contributed by atoms with Crippen molar-refractivity contribution in [2.24, 2.45) is 0 Å². The molecule has 2 aromatic rings. The van der Waals surface area contributed by atoms with Crippen molar-refractivity contribution in [1.29, 1.82) is 0 Å². The first-order chi connectivity index (χ1) is 9.42. The molecular weight excluding hydrogens is 384 g/mol. The van der Waals surface area contributed by atoms with Gasteiger partial charge in [0.15, 0.2) is 0 Å². The molecule has 0 fully saturated rings. The molecule has 2 aromatic carbocycles. The van der Waals surface area contributed by atoms with Crippen LogP contribution in [0.25, 0.3) is 0 Å². The molecule has 1 N–H and O–H groups in total. The zero-order chi connectivity index (χ0) is 14.9. The minimum absolute atomic E-state index is 0.660. The lowest BCUT2D eigenvalue weighted by atomic mass is 9.97. The van der Waals surface area contributed by atoms with E-state index in [1.165, 1.54) is 0 Å². The second kappa shape index (κ2) is 6.29. The molecule has 20 heavy (non-hydrogen) atoms. The Morgan fingerprint density at radius 2 is 1.35 bits per heavy atom. The summed E-state index contributed by atoms with van der Waals surface area (Å²) in [5.74, 6) is 0.872. The van der Waals surface area contributed by atoms with E-state index in [2.05, 4.69) is 31.9 Å². The number of benzene rings is 2. The quantitative estimate of drug-likeness (QED) is 0.793. The summed E-state index contributed by atoms with van der Waals surface area (Å²) in [6, 6.07) is 9.71. The summed E-state index contributed by atoms with van der Waals surface area (Å²) >= 11 is 6.89. The molecular formula is C16H16Br2O2. The monoisotopic (exact) mass is 398 g/mol. The fourth-order valence-electron chi connectivity index (χ4n) is 2.39. The van der Waals surface area contributed by atoms with Gasteiger partial charge in [0, 0.05) is 8.95 Å². The van der Waals surface area contributed by atoms with Crippen LogP contribution in [0.3, 0.4) is 0 Å². The fourth-order valence-corrected chi connectivity index (χ4v) is 3.72. The predicted molar refractivity (Wildman–Crippen MR) is 88.4 cm³/mol. The lowest BCUT2D eigenvalue weighted by Crippen LogP contribution is -2.02. The molecule has 0 saturated heterocycles. The Hall–Kier alpha value is -0.840. The average molecular weight is 400 g/mol. The second-order valence-electron chi connectivity index (χ2n) is 4.79. The molecule has 0 spiro atoms. The first-order valence-corrected chi connectivity index (χ1v) is 7.80. The van der Waals surface area contributed by atoms with E-state index >= 15 is 0 Å². The highest BCUT2D eigenvalue weighted by atomic mass is 79.9. The van der Waals surface area contributed by atoms with Gasteiger partial charge >= 0.3 is 0 Å². The maximum atomic E-state index is 10.6. The van der Waals surface area contributed by atoms with Crippen LogP contribution in [0.5, 0.6) is 5.75 Å². The fraction of sp³-hybridized carbons (Fsp3) is 0.250. The minimum atomic E-state index is -0.660. The molecule has 106 valence electrons. The van der Waals surface area contributed by atoms with E-state index in [-0.39, 0.29) is 0 Å². The van der Waals surface area contributed by atoms with Gasteiger partial charge in [-0.1, -0.05) is 31.9 Å². The number of aliphatic hydroxyl groups excluding tert-OH is 1. The number of aliphatic hydroxyl groups is 1. The molecule has 0 radical (unpaired) electrons. The Morgan fingerprint density at radius 1 is 0.900 bits per heavy atom. The molecule has 0 aliphatic carbocycles. The molecule has 0 aromatic heterocycles. The summed E-state index contributed by atoms with van der Waals surface area (Å²) in [7, 11) is 1.66. The van der Waals surface area contributed by atoms with Crippen molar-refractivity contribution in [3.8, 4) is 5.75 Å². The van der Waals surface area contributed by atoms with Gasteiger partial charge < -0.3 is 9.84 Å². The van der Waals surface area contributed by atoms with Crippen LogP contribution in [-0.4, -0.2) is 12.2 Å². The van der Waals surface area contributed by atoms with Crippen molar-refractivity contribution >= 4 is 31.9 Å². The normalized spacial score (nSPS) is 12.3. The zero-order valence-electron chi connectivity index (χ0n) is 11.6. The molecule has 0 amide bonds. The molecule has 1 atom stereocenters. The maximum Gasteiger partial charge on any atom is 0.124 e. The van der Waals surface area contributed by atoms with E-state index in [4.69, 9.17) is 4.74 Å². The first kappa shape index (κ1) is 15.5. The van der Waals surface area contributed by atoms with Gasteiger partial charge in [-0.25, -0.2) is 0 Å². The Labute approximate surface area is 136 Å². The summed E-state index contributed by atoms with van der Waals surface area (Å²) in [5, 5.41) is 10.6. The lowest BCUT2D eigenvalue weighted by molar-refractivity contribution is 0.220. The van der Waals surface area contributed by atoms with Crippen LogP contribution in [0.2, 0.25) is 0 Å². The van der Waals surface area contributed by atoms with Gasteiger partial charge in [-0.2, -0.15) is 0 Å². The number of aryl methyl sites for hydroxylation is 2. The molecule has 0 bridgehead atoms. The van der Waals surface area contributed by atoms with Crippen LogP contribution in [0, 0.1) is 13.8 Å². The highest BCUT2D eigenvalue weighted by Gasteiger charge is 2.15. The average Bonchev–Trinajstić information content (AvgIpc) is 2.36. The molecule has 1 unspecified atom stereocenters. The van der Waals surface area contributed by atoms with E-state index in [0.717, 1.165) is 36.9 Å². The number of hydrogen-bond donors (Lipinski definition) is 1. The number of rotatable bonds is 3. The Morgan fingerprint density at radius 3 is 1.80 bits per heavy atom. The molecule has 0 aliphatic heterocycles. The molecule has 0 aliphatic rings. The van der Waals surface area contributed by atoms with Crippen molar-refractivity contribution in [3.05, 3.63) is 61.5 Å². The summed E-state index contributed by atoms with van der Waals surface area (Å²) in [6.07, 6.45) is -0.660. The molecule has 0 heterocycles. The van der Waals surface area contributed by atoms with Gasteiger partial charge in [0.05, 0.1) is 7.11 Å².